The predicted octanol–water partition coefficient (Wildman–Crippen LogP) is 1.61. The lowest BCUT2D eigenvalue weighted by Gasteiger charge is -2.33. The molecular weight excluding hydrogens is 342 g/mol. The first-order valence-corrected chi connectivity index (χ1v) is 10.3. The normalized spacial score (nSPS) is 15.0. The molecule has 5 heteroatoms. The van der Waals surface area contributed by atoms with Crippen molar-refractivity contribution in [2.45, 2.75) is 11.8 Å². The van der Waals surface area contributed by atoms with Gasteiger partial charge in [0.15, 0.2) is 6.54 Å². The van der Waals surface area contributed by atoms with Gasteiger partial charge in [0.25, 0.3) is 5.91 Å². The van der Waals surface area contributed by atoms with Gasteiger partial charge in [-0.05, 0) is 31.2 Å². The van der Waals surface area contributed by atoms with Crippen molar-refractivity contribution >= 4 is 23.4 Å². The van der Waals surface area contributed by atoms with Crippen LogP contribution in [-0.4, -0.2) is 50.9 Å². The highest BCUT2D eigenvalue weighted by molar-refractivity contribution is 7.99. The van der Waals surface area contributed by atoms with Gasteiger partial charge < -0.3 is 15.1 Å². The first-order chi connectivity index (χ1) is 12.7. The average Bonchev–Trinajstić information content (AvgIpc) is 2.68. The van der Waals surface area contributed by atoms with Crippen LogP contribution in [0.4, 0.5) is 5.69 Å². The van der Waals surface area contributed by atoms with Crippen molar-refractivity contribution in [2.75, 3.05) is 49.9 Å². The Bertz CT molecular complexity index is 682. The minimum Gasteiger partial charge on any atom is -0.360 e. The molecule has 0 aromatic heterocycles. The summed E-state index contributed by atoms with van der Waals surface area (Å²) in [4.78, 5) is 17.2. The summed E-state index contributed by atoms with van der Waals surface area (Å²) in [6, 6.07) is 19.0. The molecule has 1 aliphatic rings. The van der Waals surface area contributed by atoms with E-state index in [4.69, 9.17) is 0 Å². The fraction of sp³-hybridized carbons (Fsp3) is 0.381. The molecule has 0 bridgehead atoms. The van der Waals surface area contributed by atoms with Crippen LogP contribution in [0.15, 0.2) is 59.5 Å². The van der Waals surface area contributed by atoms with E-state index in [0.717, 1.165) is 38.5 Å². The van der Waals surface area contributed by atoms with E-state index in [1.807, 2.05) is 6.07 Å². The van der Waals surface area contributed by atoms with Crippen LogP contribution in [0.25, 0.3) is 0 Å². The topological polar surface area (TPSA) is 36.8 Å². The zero-order chi connectivity index (χ0) is 18.2. The molecule has 138 valence electrons. The molecule has 1 heterocycles. The molecule has 0 atom stereocenters. The Labute approximate surface area is 160 Å². The van der Waals surface area contributed by atoms with Crippen molar-refractivity contribution in [1.82, 2.24) is 5.32 Å². The maximum absolute atomic E-state index is 12.2. The number of hydrogen-bond acceptors (Lipinski definition) is 3. The van der Waals surface area contributed by atoms with Crippen molar-refractivity contribution in [1.29, 1.82) is 0 Å². The van der Waals surface area contributed by atoms with E-state index in [9.17, 15) is 4.79 Å². The van der Waals surface area contributed by atoms with Gasteiger partial charge in [-0.3, -0.25) is 4.79 Å². The highest BCUT2D eigenvalue weighted by Crippen LogP contribution is 2.17. The van der Waals surface area contributed by atoms with Gasteiger partial charge in [-0.15, -0.1) is 11.8 Å². The van der Waals surface area contributed by atoms with Crippen LogP contribution < -0.4 is 15.1 Å². The summed E-state index contributed by atoms with van der Waals surface area (Å²) in [5.74, 6) is 1.07. The second-order valence-electron chi connectivity index (χ2n) is 6.76. The number of carbonyl (C=O) groups is 1. The number of quaternary nitrogens is 1. The first kappa shape index (κ1) is 18.8. The Morgan fingerprint density at radius 3 is 2.46 bits per heavy atom. The number of amides is 1. The number of rotatable bonds is 7. The summed E-state index contributed by atoms with van der Waals surface area (Å²) in [7, 11) is 0. The van der Waals surface area contributed by atoms with E-state index in [0.29, 0.717) is 6.54 Å². The van der Waals surface area contributed by atoms with E-state index in [1.54, 1.807) is 11.8 Å². The number of hydrogen-bond donors (Lipinski definition) is 2. The van der Waals surface area contributed by atoms with Crippen LogP contribution in [-0.2, 0) is 4.79 Å². The fourth-order valence-corrected chi connectivity index (χ4v) is 3.95. The quantitative estimate of drug-likeness (QED) is 0.574. The van der Waals surface area contributed by atoms with E-state index >= 15 is 0 Å². The minimum absolute atomic E-state index is 0.165. The number of nitrogens with one attached hydrogen (secondary N) is 2. The zero-order valence-corrected chi connectivity index (χ0v) is 16.2. The summed E-state index contributed by atoms with van der Waals surface area (Å²) >= 11 is 1.79. The van der Waals surface area contributed by atoms with Crippen molar-refractivity contribution in [2.24, 2.45) is 0 Å². The Hall–Kier alpha value is -1.98. The Morgan fingerprint density at radius 2 is 1.77 bits per heavy atom. The third-order valence-corrected chi connectivity index (χ3v) is 5.73. The summed E-state index contributed by atoms with van der Waals surface area (Å²) < 4.78 is 0. The molecule has 0 spiro atoms. The largest absolute Gasteiger partial charge is 0.360 e. The summed E-state index contributed by atoms with van der Waals surface area (Å²) in [6.07, 6.45) is 0. The molecule has 2 aromatic carbocycles. The highest BCUT2D eigenvalue weighted by atomic mass is 32.2. The van der Waals surface area contributed by atoms with Crippen LogP contribution in [0.3, 0.4) is 0 Å². The molecule has 1 aliphatic heterocycles. The molecule has 0 aliphatic carbocycles. The number of anilines is 1. The van der Waals surface area contributed by atoms with Crippen molar-refractivity contribution < 1.29 is 9.69 Å². The molecule has 2 aromatic rings. The van der Waals surface area contributed by atoms with Crippen molar-refractivity contribution in [3.05, 3.63) is 60.2 Å². The maximum atomic E-state index is 12.2. The lowest BCUT2D eigenvalue weighted by molar-refractivity contribution is -0.892. The summed E-state index contributed by atoms with van der Waals surface area (Å²) in [6.45, 7) is 7.45. The molecule has 1 saturated heterocycles. The lowest BCUT2D eigenvalue weighted by Crippen LogP contribution is -3.16. The van der Waals surface area contributed by atoms with Gasteiger partial charge in [0.2, 0.25) is 0 Å². The number of benzene rings is 2. The molecule has 4 nitrogen and oxygen atoms in total. The monoisotopic (exact) mass is 370 g/mol. The van der Waals surface area contributed by atoms with Crippen molar-refractivity contribution in [3.8, 4) is 0 Å². The molecule has 2 N–H and O–H groups in total. The van der Waals surface area contributed by atoms with E-state index < -0.39 is 0 Å². The lowest BCUT2D eigenvalue weighted by atomic mass is 10.2. The molecule has 1 fully saturated rings. The molecule has 0 radical (unpaired) electrons. The first-order valence-electron chi connectivity index (χ1n) is 9.30. The smallest absolute Gasteiger partial charge is 0.275 e. The molecule has 0 saturated carbocycles. The number of nitrogens with zero attached hydrogens (tertiary/aromatic N) is 1. The van der Waals surface area contributed by atoms with Gasteiger partial charge in [-0.2, -0.15) is 0 Å². The predicted molar refractivity (Wildman–Crippen MR) is 109 cm³/mol. The molecule has 26 heavy (non-hydrogen) atoms. The number of para-hydroxylation sites is 1. The van der Waals surface area contributed by atoms with Crippen LogP contribution in [0.1, 0.15) is 5.56 Å². The maximum Gasteiger partial charge on any atom is 0.275 e. The third kappa shape index (κ3) is 5.78. The van der Waals surface area contributed by atoms with Crippen LogP contribution >= 0.6 is 11.8 Å². The van der Waals surface area contributed by atoms with Crippen LogP contribution in [0.5, 0.6) is 0 Å². The van der Waals surface area contributed by atoms with Gasteiger partial charge in [-0.1, -0.05) is 35.9 Å². The van der Waals surface area contributed by atoms with Gasteiger partial charge in [0.1, 0.15) is 0 Å². The van der Waals surface area contributed by atoms with Gasteiger partial charge in [-0.25, -0.2) is 0 Å². The number of carbonyl (C=O) groups excluding carboxylic acids is 1. The van der Waals surface area contributed by atoms with E-state index in [1.165, 1.54) is 21.0 Å². The second kappa shape index (κ2) is 9.64. The standard InChI is InChI=1S/C21H27N3OS/c1-18-7-9-20(10-8-18)26-16-11-22-21(25)17-23-12-14-24(15-13-23)19-5-3-2-4-6-19/h2-10H,11-17H2,1H3,(H,22,25)/p+1. The molecular formula is C21H28N3OS+. The zero-order valence-electron chi connectivity index (χ0n) is 15.4. The Kier molecular flexibility index (Phi) is 6.97. The number of thioether (sulfide) groups is 1. The third-order valence-electron chi connectivity index (χ3n) is 4.72. The molecule has 0 unspecified atom stereocenters. The fourth-order valence-electron chi connectivity index (χ4n) is 3.18. The Balaban J connectivity index is 1.31. The Morgan fingerprint density at radius 1 is 1.08 bits per heavy atom. The number of piperazine rings is 1. The SMILES string of the molecule is Cc1ccc(SCCNC(=O)C[NH+]2CCN(c3ccccc3)CC2)cc1. The summed E-state index contributed by atoms with van der Waals surface area (Å²) in [5, 5.41) is 3.06. The molecule has 1 amide bonds. The van der Waals surface area contributed by atoms with Gasteiger partial charge in [0, 0.05) is 22.9 Å². The summed E-state index contributed by atoms with van der Waals surface area (Å²) in [5.41, 5.74) is 2.56. The van der Waals surface area contributed by atoms with Crippen LogP contribution in [0, 0.1) is 6.92 Å². The van der Waals surface area contributed by atoms with Gasteiger partial charge >= 0.3 is 0 Å². The molecule has 3 rings (SSSR count). The average molecular weight is 371 g/mol. The highest BCUT2D eigenvalue weighted by Gasteiger charge is 2.21. The van der Waals surface area contributed by atoms with Gasteiger partial charge in [0.05, 0.1) is 26.2 Å². The minimum atomic E-state index is 0.165. The second-order valence-corrected chi connectivity index (χ2v) is 7.93. The van der Waals surface area contributed by atoms with E-state index in [-0.39, 0.29) is 5.91 Å². The van der Waals surface area contributed by atoms with Crippen LogP contribution in [0.2, 0.25) is 0 Å². The van der Waals surface area contributed by atoms with Crippen molar-refractivity contribution in [3.63, 3.8) is 0 Å². The number of aryl methyl sites for hydroxylation is 1. The van der Waals surface area contributed by atoms with E-state index in [2.05, 4.69) is 65.7 Å².